The Labute approximate surface area is 116 Å². The molecule has 1 aromatic rings. The van der Waals surface area contributed by atoms with Crippen LogP contribution in [0.2, 0.25) is 0 Å². The quantitative estimate of drug-likeness (QED) is 0.735. The minimum atomic E-state index is -0.236. The van der Waals surface area contributed by atoms with E-state index < -0.39 is 0 Å². The van der Waals surface area contributed by atoms with Gasteiger partial charge in [0.2, 0.25) is 0 Å². The molecule has 1 heterocycles. The van der Waals surface area contributed by atoms with Crippen molar-refractivity contribution in [3.8, 4) is 0 Å². The first-order valence-electron chi connectivity index (χ1n) is 7.09. The van der Waals surface area contributed by atoms with Gasteiger partial charge < -0.3 is 9.30 Å². The number of hydrogen-bond donors (Lipinski definition) is 1. The highest BCUT2D eigenvalue weighted by Gasteiger charge is 2.24. The maximum absolute atomic E-state index is 11.8. The number of aryl methyl sites for hydroxylation is 1. The van der Waals surface area contributed by atoms with Crippen LogP contribution in [-0.2, 0) is 22.6 Å². The maximum atomic E-state index is 11.8. The fourth-order valence-electron chi connectivity index (χ4n) is 2.16. The van der Waals surface area contributed by atoms with Crippen molar-refractivity contribution in [1.29, 1.82) is 0 Å². The Balaban J connectivity index is 2.65. The van der Waals surface area contributed by atoms with Crippen LogP contribution in [-0.4, -0.2) is 23.7 Å². The van der Waals surface area contributed by atoms with Gasteiger partial charge in [-0.1, -0.05) is 27.2 Å². The lowest BCUT2D eigenvalue weighted by atomic mass is 9.99. The zero-order valence-electron chi connectivity index (χ0n) is 12.5. The van der Waals surface area contributed by atoms with Crippen LogP contribution in [0.15, 0.2) is 18.3 Å². The number of carbonyl (C=O) groups excluding carboxylic acids is 1. The molecular weight excluding hydrogens is 240 g/mol. The molecule has 2 atom stereocenters. The van der Waals surface area contributed by atoms with E-state index in [-0.39, 0.29) is 17.9 Å². The van der Waals surface area contributed by atoms with Crippen molar-refractivity contribution >= 4 is 5.97 Å². The third-order valence-electron chi connectivity index (χ3n) is 3.56. The molecule has 4 nitrogen and oxygen atoms in total. The summed E-state index contributed by atoms with van der Waals surface area (Å²) in [6.45, 7) is 8.02. The largest absolute Gasteiger partial charge is 0.468 e. The van der Waals surface area contributed by atoms with Crippen LogP contribution in [0.25, 0.3) is 0 Å². The SMILES string of the molecule is CCCn1cccc1CNC(C(=O)OC)C(C)CC. The Bertz CT molecular complexity index is 387. The van der Waals surface area contributed by atoms with E-state index in [9.17, 15) is 4.79 Å². The van der Waals surface area contributed by atoms with Crippen LogP contribution >= 0.6 is 0 Å². The monoisotopic (exact) mass is 266 g/mol. The summed E-state index contributed by atoms with van der Waals surface area (Å²) in [5.41, 5.74) is 1.21. The first-order valence-corrected chi connectivity index (χ1v) is 7.09. The van der Waals surface area contributed by atoms with Gasteiger partial charge >= 0.3 is 5.97 Å². The second-order valence-electron chi connectivity index (χ2n) is 4.96. The van der Waals surface area contributed by atoms with Crippen LogP contribution in [0.5, 0.6) is 0 Å². The van der Waals surface area contributed by atoms with Crippen molar-refractivity contribution in [2.24, 2.45) is 5.92 Å². The van der Waals surface area contributed by atoms with Crippen molar-refractivity contribution in [3.05, 3.63) is 24.0 Å². The molecule has 0 bridgehead atoms. The molecule has 1 aromatic heterocycles. The summed E-state index contributed by atoms with van der Waals surface area (Å²) in [4.78, 5) is 11.8. The van der Waals surface area contributed by atoms with E-state index in [4.69, 9.17) is 4.74 Å². The standard InChI is InChI=1S/C15H26N2O2/c1-5-9-17-10-7-8-13(17)11-16-14(12(3)6-2)15(18)19-4/h7-8,10,12,14,16H,5-6,9,11H2,1-4H3. The minimum Gasteiger partial charge on any atom is -0.468 e. The van der Waals surface area contributed by atoms with Gasteiger partial charge in [0.05, 0.1) is 7.11 Å². The number of nitrogens with one attached hydrogen (secondary N) is 1. The molecule has 0 aliphatic heterocycles. The van der Waals surface area contributed by atoms with E-state index in [1.54, 1.807) is 0 Å². The number of esters is 1. The molecule has 0 aliphatic rings. The Morgan fingerprint density at radius 3 is 2.79 bits per heavy atom. The average Bonchev–Trinajstić information content (AvgIpc) is 2.86. The van der Waals surface area contributed by atoms with Crippen molar-refractivity contribution in [2.45, 2.75) is 52.7 Å². The second-order valence-corrected chi connectivity index (χ2v) is 4.96. The summed E-state index contributed by atoms with van der Waals surface area (Å²) in [5.74, 6) is 0.0879. The molecule has 1 N–H and O–H groups in total. The zero-order valence-corrected chi connectivity index (χ0v) is 12.5. The summed E-state index contributed by atoms with van der Waals surface area (Å²) in [6.07, 6.45) is 4.13. The normalized spacial score (nSPS) is 14.1. The third-order valence-corrected chi connectivity index (χ3v) is 3.56. The Kier molecular flexibility index (Phi) is 6.64. The van der Waals surface area contributed by atoms with Crippen LogP contribution in [0, 0.1) is 5.92 Å². The number of rotatable bonds is 8. The summed E-state index contributed by atoms with van der Waals surface area (Å²) in [7, 11) is 1.44. The van der Waals surface area contributed by atoms with Crippen LogP contribution in [0.1, 0.15) is 39.3 Å². The molecule has 0 saturated carbocycles. The summed E-state index contributed by atoms with van der Waals surface area (Å²) >= 11 is 0. The van der Waals surface area contributed by atoms with Gasteiger partial charge in [-0.2, -0.15) is 0 Å². The van der Waals surface area contributed by atoms with E-state index in [2.05, 4.69) is 42.9 Å². The second kappa shape index (κ2) is 8.00. The van der Waals surface area contributed by atoms with E-state index in [0.29, 0.717) is 6.54 Å². The molecule has 0 radical (unpaired) electrons. The van der Waals surface area contributed by atoms with Crippen molar-refractivity contribution in [2.75, 3.05) is 7.11 Å². The van der Waals surface area contributed by atoms with Gasteiger partial charge in [-0.25, -0.2) is 0 Å². The zero-order chi connectivity index (χ0) is 14.3. The predicted octanol–water partition coefficient (Wildman–Crippen LogP) is 2.58. The fourth-order valence-corrected chi connectivity index (χ4v) is 2.16. The molecule has 108 valence electrons. The highest BCUT2D eigenvalue weighted by atomic mass is 16.5. The molecule has 0 fully saturated rings. The maximum Gasteiger partial charge on any atom is 0.323 e. The molecule has 0 spiro atoms. The van der Waals surface area contributed by atoms with Gasteiger partial charge in [0, 0.05) is 25.0 Å². The summed E-state index contributed by atoms with van der Waals surface area (Å²) < 4.78 is 7.09. The summed E-state index contributed by atoms with van der Waals surface area (Å²) in [6, 6.07) is 3.90. The molecule has 0 amide bonds. The molecule has 0 aliphatic carbocycles. The lowest BCUT2D eigenvalue weighted by Crippen LogP contribution is -2.42. The Morgan fingerprint density at radius 1 is 1.47 bits per heavy atom. The predicted molar refractivity (Wildman–Crippen MR) is 76.8 cm³/mol. The average molecular weight is 266 g/mol. The first-order chi connectivity index (χ1) is 9.13. The fraction of sp³-hybridized carbons (Fsp3) is 0.667. The van der Waals surface area contributed by atoms with Gasteiger partial charge in [-0.05, 0) is 24.5 Å². The first kappa shape index (κ1) is 15.8. The molecule has 0 aromatic carbocycles. The molecule has 2 unspecified atom stereocenters. The lowest BCUT2D eigenvalue weighted by molar-refractivity contribution is -0.144. The molecular formula is C15H26N2O2. The molecule has 19 heavy (non-hydrogen) atoms. The van der Waals surface area contributed by atoms with Gasteiger partial charge in [0.1, 0.15) is 6.04 Å². The Morgan fingerprint density at radius 2 is 2.21 bits per heavy atom. The van der Waals surface area contributed by atoms with E-state index in [1.165, 1.54) is 12.8 Å². The number of nitrogens with zero attached hydrogens (tertiary/aromatic N) is 1. The van der Waals surface area contributed by atoms with E-state index in [1.807, 2.05) is 6.07 Å². The topological polar surface area (TPSA) is 43.3 Å². The van der Waals surface area contributed by atoms with Crippen molar-refractivity contribution in [3.63, 3.8) is 0 Å². The van der Waals surface area contributed by atoms with Crippen LogP contribution in [0.3, 0.4) is 0 Å². The number of hydrogen-bond acceptors (Lipinski definition) is 3. The van der Waals surface area contributed by atoms with E-state index in [0.717, 1.165) is 19.4 Å². The molecule has 4 heteroatoms. The molecule has 1 rings (SSSR count). The number of carbonyl (C=O) groups is 1. The van der Waals surface area contributed by atoms with Gasteiger partial charge in [0.15, 0.2) is 0 Å². The lowest BCUT2D eigenvalue weighted by Gasteiger charge is -2.22. The van der Waals surface area contributed by atoms with Gasteiger partial charge in [-0.15, -0.1) is 0 Å². The summed E-state index contributed by atoms with van der Waals surface area (Å²) in [5, 5.41) is 3.33. The van der Waals surface area contributed by atoms with Crippen molar-refractivity contribution < 1.29 is 9.53 Å². The molecule has 0 saturated heterocycles. The number of ether oxygens (including phenoxy) is 1. The third kappa shape index (κ3) is 4.39. The Hall–Kier alpha value is -1.29. The smallest absolute Gasteiger partial charge is 0.323 e. The van der Waals surface area contributed by atoms with Crippen molar-refractivity contribution in [1.82, 2.24) is 9.88 Å². The number of aromatic nitrogens is 1. The highest BCUT2D eigenvalue weighted by Crippen LogP contribution is 2.11. The highest BCUT2D eigenvalue weighted by molar-refractivity contribution is 5.75. The van der Waals surface area contributed by atoms with Gasteiger partial charge in [0.25, 0.3) is 0 Å². The number of methoxy groups -OCH3 is 1. The van der Waals surface area contributed by atoms with E-state index >= 15 is 0 Å². The van der Waals surface area contributed by atoms with Crippen LogP contribution in [0.4, 0.5) is 0 Å². The minimum absolute atomic E-state index is 0.178. The van der Waals surface area contributed by atoms with Gasteiger partial charge in [-0.3, -0.25) is 10.1 Å². The van der Waals surface area contributed by atoms with Crippen LogP contribution < -0.4 is 5.32 Å².